The molecule has 0 aliphatic carbocycles. The van der Waals surface area contributed by atoms with Crippen molar-refractivity contribution in [1.82, 2.24) is 4.98 Å². The van der Waals surface area contributed by atoms with Crippen molar-refractivity contribution in [3.05, 3.63) is 54.2 Å². The molecule has 0 aliphatic rings. The van der Waals surface area contributed by atoms with E-state index < -0.39 is 46.9 Å². The molecule has 39 heavy (non-hydrogen) atoms. The topological polar surface area (TPSA) is 184 Å². The van der Waals surface area contributed by atoms with Gasteiger partial charge in [-0.25, -0.2) is 25.3 Å². The first kappa shape index (κ1) is 41.6. The molecular weight excluding hydrogens is 810 g/mol. The van der Waals surface area contributed by atoms with Crippen LogP contribution in [0.25, 0.3) is 11.3 Å². The Morgan fingerprint density at radius 1 is 0.667 bits per heavy atom. The van der Waals surface area contributed by atoms with Crippen LogP contribution in [0.5, 0.6) is 0 Å². The molecule has 226 valence electrons. The number of aryl methyl sites for hydroxylation is 1. The third-order valence-electron chi connectivity index (χ3n) is 3.15. The molecule has 2 aromatic rings. The van der Waals surface area contributed by atoms with Gasteiger partial charge in [0.15, 0.2) is 30.4 Å². The summed E-state index contributed by atoms with van der Waals surface area (Å²) in [5, 5.41) is 0. The Labute approximate surface area is 228 Å². The van der Waals surface area contributed by atoms with Gasteiger partial charge < -0.3 is 13.7 Å². The van der Waals surface area contributed by atoms with E-state index in [1.165, 1.54) is 11.1 Å². The summed E-state index contributed by atoms with van der Waals surface area (Å²) in [6.45, 7) is 2.16. The Morgan fingerprint density at radius 3 is 1.23 bits per heavy atom. The van der Waals surface area contributed by atoms with E-state index in [0.717, 1.165) is 12.1 Å². The van der Waals surface area contributed by atoms with Crippen molar-refractivity contribution < 1.29 is 98.5 Å². The first-order valence-corrected chi connectivity index (χ1v) is 12.9. The van der Waals surface area contributed by atoms with Gasteiger partial charge in [0.25, 0.3) is 0 Å². The van der Waals surface area contributed by atoms with Crippen LogP contribution >= 0.6 is 0 Å². The van der Waals surface area contributed by atoms with Gasteiger partial charge in [0, 0.05) is 11.8 Å². The van der Waals surface area contributed by atoms with Crippen LogP contribution in [0.4, 0.5) is 39.5 Å². The van der Waals surface area contributed by atoms with Crippen LogP contribution in [-0.4, -0.2) is 60.4 Å². The van der Waals surface area contributed by atoms with E-state index in [4.69, 9.17) is 38.9 Å². The zero-order valence-electron chi connectivity index (χ0n) is 18.4. The van der Waals surface area contributed by atoms with E-state index in [-0.39, 0.29) is 20.1 Å². The summed E-state index contributed by atoms with van der Waals surface area (Å²) in [6, 6.07) is 14.5. The molecule has 0 N–H and O–H groups in total. The van der Waals surface area contributed by atoms with Gasteiger partial charge >= 0.3 is 36.6 Å². The van der Waals surface area contributed by atoms with Gasteiger partial charge in [-0.05, 0) is 24.1 Å². The molecule has 2 rings (SSSR count). The third-order valence-corrected chi connectivity index (χ3v) is 4.85. The molecule has 1 aromatic carbocycles. The summed E-state index contributed by atoms with van der Waals surface area (Å²) >= 11 is 0. The first-order chi connectivity index (χ1) is 16.6. The van der Waals surface area contributed by atoms with Crippen LogP contribution < -0.4 is 0 Å². The van der Waals surface area contributed by atoms with Gasteiger partial charge in [0.2, 0.25) is 0 Å². The van der Waals surface area contributed by atoms with E-state index in [2.05, 4.69) is 36.2 Å². The van der Waals surface area contributed by atoms with Gasteiger partial charge in [-0.3, -0.25) is 4.98 Å². The molecule has 1 heterocycles. The number of alkyl halides is 9. The SMILES string of the molecule is CCc1ccnc(-c2ccccc2)c1.O=S(=O)([O-])C(F)(F)F.O=S(=O)([O-])C(F)(F)F.O=S(=O)([O-])C(F)(F)F.[Ir+3]. The summed E-state index contributed by atoms with van der Waals surface area (Å²) in [4.78, 5) is 4.36. The second-order valence-corrected chi connectivity index (χ2v) is 10.1. The van der Waals surface area contributed by atoms with Gasteiger partial charge in [-0.2, -0.15) is 39.5 Å². The summed E-state index contributed by atoms with van der Waals surface area (Å²) in [7, 11) is -18.3. The molecule has 0 saturated carbocycles. The van der Waals surface area contributed by atoms with E-state index in [1.807, 2.05) is 24.4 Å². The molecule has 0 saturated heterocycles. The maximum absolute atomic E-state index is 10.7. The second-order valence-electron chi connectivity index (χ2n) is 5.97. The summed E-state index contributed by atoms with van der Waals surface area (Å²) in [5.41, 5.74) is -13.4. The number of rotatable bonds is 2. The normalized spacial score (nSPS) is 12.2. The minimum Gasteiger partial charge on any atom is -0.741 e. The van der Waals surface area contributed by atoms with Gasteiger partial charge in [-0.15, -0.1) is 0 Å². The van der Waals surface area contributed by atoms with Crippen molar-refractivity contribution in [1.29, 1.82) is 0 Å². The molecule has 0 spiro atoms. The number of nitrogens with zero attached hydrogens (tertiary/aromatic N) is 1. The van der Waals surface area contributed by atoms with Crippen molar-refractivity contribution in [2.24, 2.45) is 0 Å². The zero-order valence-corrected chi connectivity index (χ0v) is 23.3. The number of halogens is 9. The first-order valence-electron chi connectivity index (χ1n) is 8.72. The molecular formula is C16H13F9IrNO9S3. The Hall–Kier alpha value is -1.88. The van der Waals surface area contributed by atoms with E-state index in [0.29, 0.717) is 0 Å². The molecule has 23 heteroatoms. The molecule has 0 unspecified atom stereocenters. The van der Waals surface area contributed by atoms with Crippen LogP contribution in [0.2, 0.25) is 0 Å². The Kier molecular flexibility index (Phi) is 16.8. The van der Waals surface area contributed by atoms with Crippen LogP contribution in [0.3, 0.4) is 0 Å². The summed E-state index contributed by atoms with van der Waals surface area (Å²) in [5.74, 6) is 0. The van der Waals surface area contributed by atoms with Gasteiger partial charge in [0.05, 0.1) is 5.69 Å². The number of aromatic nitrogens is 1. The number of hydrogen-bond acceptors (Lipinski definition) is 10. The fourth-order valence-electron chi connectivity index (χ4n) is 1.46. The zero-order chi connectivity index (χ0) is 30.8. The van der Waals surface area contributed by atoms with Gasteiger partial charge in [-0.1, -0.05) is 37.3 Å². The van der Waals surface area contributed by atoms with Crippen molar-refractivity contribution in [3.8, 4) is 11.3 Å². The maximum atomic E-state index is 10.7. The largest absolute Gasteiger partial charge is 3.00 e. The van der Waals surface area contributed by atoms with Gasteiger partial charge in [0.1, 0.15) is 0 Å². The second kappa shape index (κ2) is 15.8. The Bertz CT molecular complexity index is 1230. The van der Waals surface area contributed by atoms with E-state index in [9.17, 15) is 39.5 Å². The average Bonchev–Trinajstić information content (AvgIpc) is 2.71. The minimum atomic E-state index is -6.09. The molecule has 10 nitrogen and oxygen atoms in total. The van der Waals surface area contributed by atoms with Crippen molar-refractivity contribution in [2.45, 2.75) is 29.9 Å². The summed E-state index contributed by atoms with van der Waals surface area (Å²) < 4.78 is 177. The number of hydrogen-bond donors (Lipinski definition) is 0. The van der Waals surface area contributed by atoms with E-state index in [1.54, 1.807) is 0 Å². The minimum absolute atomic E-state index is 0. The quantitative estimate of drug-likeness (QED) is 0.247. The molecule has 0 aliphatic heterocycles. The molecule has 0 atom stereocenters. The number of benzene rings is 1. The predicted molar refractivity (Wildman–Crippen MR) is 106 cm³/mol. The Balaban J connectivity index is -0.000000460. The Morgan fingerprint density at radius 2 is 0.974 bits per heavy atom. The van der Waals surface area contributed by atoms with Crippen molar-refractivity contribution in [2.75, 3.05) is 0 Å². The molecule has 1 aromatic heterocycles. The maximum Gasteiger partial charge on any atom is 3.00 e. The van der Waals surface area contributed by atoms with Crippen LogP contribution in [0, 0.1) is 0 Å². The molecule has 0 radical (unpaired) electrons. The van der Waals surface area contributed by atoms with Crippen molar-refractivity contribution in [3.63, 3.8) is 0 Å². The average molecular weight is 823 g/mol. The fourth-order valence-corrected chi connectivity index (χ4v) is 1.46. The van der Waals surface area contributed by atoms with Crippen molar-refractivity contribution >= 4 is 30.4 Å². The van der Waals surface area contributed by atoms with E-state index >= 15 is 0 Å². The predicted octanol–water partition coefficient (Wildman–Crippen LogP) is 3.46. The third kappa shape index (κ3) is 17.4. The van der Waals surface area contributed by atoms with Crippen LogP contribution in [0.15, 0.2) is 48.7 Å². The summed E-state index contributed by atoms with van der Waals surface area (Å²) in [6.07, 6.45) is 2.93. The molecule has 0 amide bonds. The molecule has 0 bridgehead atoms. The standard InChI is InChI=1S/C13H13N.3CHF3O3S.Ir/c1-2-11-8-9-14-13(10-11)12-6-4-3-5-7-12;3*2-1(3,4)8(5,6)7;/h3-10H,2H2,1H3;3*(H,5,6,7);/q;;;;+3/p-3. The number of pyridine rings is 1. The monoisotopic (exact) mass is 823 g/mol. The smallest absolute Gasteiger partial charge is 0.741 e. The van der Waals surface area contributed by atoms with Crippen LogP contribution in [-0.2, 0) is 56.9 Å². The fraction of sp³-hybridized carbons (Fsp3) is 0.312. The van der Waals surface area contributed by atoms with Crippen LogP contribution in [0.1, 0.15) is 12.5 Å². The molecule has 0 fully saturated rings.